The number of amides is 1. The van der Waals surface area contributed by atoms with Crippen LogP contribution >= 0.6 is 0 Å². The standard InChI is InChI=1S/C12H25N3O/c1-4-14-11(12(13)16)8-15(7-9(2)3)10-5-6-10/h9-11,14H,4-8H2,1-3H3,(H2,13,16). The van der Waals surface area contributed by atoms with Gasteiger partial charge in [0.2, 0.25) is 5.91 Å². The number of carbonyl (C=O) groups excluding carboxylic acids is 1. The van der Waals surface area contributed by atoms with Gasteiger partial charge in [-0.1, -0.05) is 20.8 Å². The first kappa shape index (κ1) is 13.5. The number of nitrogens with one attached hydrogen (secondary N) is 1. The molecule has 1 amide bonds. The number of nitrogens with zero attached hydrogens (tertiary/aromatic N) is 1. The van der Waals surface area contributed by atoms with E-state index < -0.39 is 0 Å². The molecule has 0 bridgehead atoms. The Morgan fingerprint density at radius 1 is 1.44 bits per heavy atom. The van der Waals surface area contributed by atoms with Gasteiger partial charge in [-0.3, -0.25) is 9.69 Å². The Kier molecular flexibility index (Phi) is 5.22. The van der Waals surface area contributed by atoms with Crippen LogP contribution in [0.2, 0.25) is 0 Å². The zero-order chi connectivity index (χ0) is 12.1. The number of rotatable bonds is 8. The maximum absolute atomic E-state index is 11.3. The molecule has 94 valence electrons. The van der Waals surface area contributed by atoms with Crippen molar-refractivity contribution in [2.24, 2.45) is 11.7 Å². The molecule has 0 heterocycles. The molecule has 1 aliphatic carbocycles. The molecule has 0 aromatic heterocycles. The molecular formula is C12H25N3O. The Bertz CT molecular complexity index is 226. The normalized spacial score (nSPS) is 18.1. The SMILES string of the molecule is CCNC(CN(CC(C)C)C1CC1)C(N)=O. The molecule has 0 aromatic rings. The van der Waals surface area contributed by atoms with Gasteiger partial charge < -0.3 is 11.1 Å². The van der Waals surface area contributed by atoms with Crippen molar-refractivity contribution in [3.05, 3.63) is 0 Å². The minimum Gasteiger partial charge on any atom is -0.368 e. The molecule has 0 aliphatic heterocycles. The van der Waals surface area contributed by atoms with Crippen molar-refractivity contribution in [1.29, 1.82) is 0 Å². The minimum atomic E-state index is -0.240. The summed E-state index contributed by atoms with van der Waals surface area (Å²) < 4.78 is 0. The maximum Gasteiger partial charge on any atom is 0.235 e. The van der Waals surface area contributed by atoms with Crippen LogP contribution < -0.4 is 11.1 Å². The molecule has 0 spiro atoms. The van der Waals surface area contributed by atoms with E-state index >= 15 is 0 Å². The van der Waals surface area contributed by atoms with Crippen LogP contribution in [0.4, 0.5) is 0 Å². The smallest absolute Gasteiger partial charge is 0.235 e. The van der Waals surface area contributed by atoms with Gasteiger partial charge in [0.05, 0.1) is 6.04 Å². The van der Waals surface area contributed by atoms with Gasteiger partial charge in [-0.25, -0.2) is 0 Å². The Labute approximate surface area is 98.6 Å². The molecule has 0 radical (unpaired) electrons. The Hall–Kier alpha value is -0.610. The highest BCUT2D eigenvalue weighted by Crippen LogP contribution is 2.27. The summed E-state index contributed by atoms with van der Waals surface area (Å²) in [4.78, 5) is 13.7. The first-order chi connectivity index (χ1) is 7.54. The molecule has 1 atom stereocenters. The van der Waals surface area contributed by atoms with E-state index in [1.807, 2.05) is 6.92 Å². The van der Waals surface area contributed by atoms with Crippen LogP contribution in [-0.2, 0) is 4.79 Å². The Balaban J connectivity index is 2.47. The number of primary amides is 1. The molecular weight excluding hydrogens is 202 g/mol. The fourth-order valence-electron chi connectivity index (χ4n) is 2.02. The van der Waals surface area contributed by atoms with E-state index in [1.165, 1.54) is 12.8 Å². The van der Waals surface area contributed by atoms with Gasteiger partial charge in [-0.05, 0) is 25.3 Å². The number of carbonyl (C=O) groups is 1. The van der Waals surface area contributed by atoms with Crippen LogP contribution in [0.15, 0.2) is 0 Å². The topological polar surface area (TPSA) is 58.4 Å². The summed E-state index contributed by atoms with van der Waals surface area (Å²) in [6, 6.07) is 0.479. The molecule has 0 aromatic carbocycles. The second-order valence-electron chi connectivity index (χ2n) is 5.09. The molecule has 1 fully saturated rings. The first-order valence-corrected chi connectivity index (χ1v) is 6.31. The lowest BCUT2D eigenvalue weighted by Gasteiger charge is -2.27. The number of likely N-dealkylation sites (N-methyl/N-ethyl adjacent to an activating group) is 1. The highest BCUT2D eigenvalue weighted by molar-refractivity contribution is 5.80. The molecule has 3 N–H and O–H groups in total. The molecule has 1 saturated carbocycles. The van der Waals surface area contributed by atoms with Gasteiger partial charge in [0.25, 0.3) is 0 Å². The summed E-state index contributed by atoms with van der Waals surface area (Å²) in [6.45, 7) is 9.02. The monoisotopic (exact) mass is 227 g/mol. The van der Waals surface area contributed by atoms with Gasteiger partial charge in [0.1, 0.15) is 0 Å². The third-order valence-corrected chi connectivity index (χ3v) is 2.87. The van der Waals surface area contributed by atoms with Crippen molar-refractivity contribution in [1.82, 2.24) is 10.2 Å². The van der Waals surface area contributed by atoms with Gasteiger partial charge in [-0.2, -0.15) is 0 Å². The average Bonchev–Trinajstić information content (AvgIpc) is 2.97. The molecule has 1 rings (SSSR count). The fraction of sp³-hybridized carbons (Fsp3) is 0.917. The molecule has 1 unspecified atom stereocenters. The number of nitrogens with two attached hydrogens (primary N) is 1. The second kappa shape index (κ2) is 6.21. The van der Waals surface area contributed by atoms with E-state index in [1.54, 1.807) is 0 Å². The first-order valence-electron chi connectivity index (χ1n) is 6.31. The highest BCUT2D eigenvalue weighted by Gasteiger charge is 2.31. The summed E-state index contributed by atoms with van der Waals surface area (Å²) in [6.07, 6.45) is 2.54. The minimum absolute atomic E-state index is 0.204. The van der Waals surface area contributed by atoms with Crippen molar-refractivity contribution in [2.45, 2.75) is 45.7 Å². The highest BCUT2D eigenvalue weighted by atomic mass is 16.1. The third-order valence-electron chi connectivity index (χ3n) is 2.87. The molecule has 0 saturated heterocycles. The Morgan fingerprint density at radius 2 is 2.06 bits per heavy atom. The summed E-state index contributed by atoms with van der Waals surface area (Å²) in [7, 11) is 0. The van der Waals surface area contributed by atoms with Crippen LogP contribution in [0.1, 0.15) is 33.6 Å². The van der Waals surface area contributed by atoms with E-state index in [0.717, 1.165) is 19.6 Å². The van der Waals surface area contributed by atoms with Crippen LogP contribution in [0, 0.1) is 5.92 Å². The van der Waals surface area contributed by atoms with Gasteiger partial charge in [0.15, 0.2) is 0 Å². The summed E-state index contributed by atoms with van der Waals surface area (Å²) in [5.74, 6) is 0.395. The number of hydrogen-bond donors (Lipinski definition) is 2. The summed E-state index contributed by atoms with van der Waals surface area (Å²) in [5, 5.41) is 3.15. The van der Waals surface area contributed by atoms with Crippen molar-refractivity contribution < 1.29 is 4.79 Å². The van der Waals surface area contributed by atoms with Crippen LogP contribution in [0.3, 0.4) is 0 Å². The maximum atomic E-state index is 11.3. The van der Waals surface area contributed by atoms with Crippen molar-refractivity contribution >= 4 is 5.91 Å². The zero-order valence-electron chi connectivity index (χ0n) is 10.7. The van der Waals surface area contributed by atoms with Crippen LogP contribution in [0.5, 0.6) is 0 Å². The average molecular weight is 227 g/mol. The lowest BCUT2D eigenvalue weighted by molar-refractivity contribution is -0.120. The predicted octanol–water partition coefficient (Wildman–Crippen LogP) is 0.570. The summed E-state index contributed by atoms with van der Waals surface area (Å²) >= 11 is 0. The van der Waals surface area contributed by atoms with Crippen molar-refractivity contribution in [2.75, 3.05) is 19.6 Å². The predicted molar refractivity (Wildman–Crippen MR) is 66.1 cm³/mol. The molecule has 1 aliphatic rings. The van der Waals surface area contributed by atoms with Crippen LogP contribution in [-0.4, -0.2) is 42.5 Å². The largest absolute Gasteiger partial charge is 0.368 e. The lowest BCUT2D eigenvalue weighted by atomic mass is 10.1. The lowest BCUT2D eigenvalue weighted by Crippen LogP contribution is -2.50. The van der Waals surface area contributed by atoms with E-state index in [2.05, 4.69) is 24.1 Å². The van der Waals surface area contributed by atoms with E-state index in [4.69, 9.17) is 5.73 Å². The van der Waals surface area contributed by atoms with Gasteiger partial charge in [-0.15, -0.1) is 0 Å². The van der Waals surface area contributed by atoms with E-state index in [-0.39, 0.29) is 11.9 Å². The van der Waals surface area contributed by atoms with Crippen molar-refractivity contribution in [3.8, 4) is 0 Å². The molecule has 4 nitrogen and oxygen atoms in total. The molecule has 4 heteroatoms. The van der Waals surface area contributed by atoms with E-state index in [0.29, 0.717) is 12.0 Å². The fourth-order valence-corrected chi connectivity index (χ4v) is 2.02. The van der Waals surface area contributed by atoms with Gasteiger partial charge in [0, 0.05) is 19.1 Å². The van der Waals surface area contributed by atoms with Gasteiger partial charge >= 0.3 is 0 Å². The quantitative estimate of drug-likeness (QED) is 0.637. The second-order valence-corrected chi connectivity index (χ2v) is 5.09. The molecule has 16 heavy (non-hydrogen) atoms. The third kappa shape index (κ3) is 4.49. The Morgan fingerprint density at radius 3 is 2.44 bits per heavy atom. The summed E-state index contributed by atoms with van der Waals surface area (Å²) in [5.41, 5.74) is 5.39. The number of hydrogen-bond acceptors (Lipinski definition) is 3. The zero-order valence-corrected chi connectivity index (χ0v) is 10.7. The van der Waals surface area contributed by atoms with E-state index in [9.17, 15) is 4.79 Å². The van der Waals surface area contributed by atoms with Crippen LogP contribution in [0.25, 0.3) is 0 Å². The van der Waals surface area contributed by atoms with Crippen molar-refractivity contribution in [3.63, 3.8) is 0 Å².